The highest BCUT2D eigenvalue weighted by molar-refractivity contribution is 7.89. The van der Waals surface area contributed by atoms with E-state index in [0.717, 1.165) is 31.5 Å². The Morgan fingerprint density at radius 3 is 2.35 bits per heavy atom. The number of nitrogens with zero attached hydrogens (tertiary/aromatic N) is 1. The normalized spacial score (nSPS) is 23.2. The molecule has 1 aromatic carbocycles. The van der Waals surface area contributed by atoms with Crippen molar-refractivity contribution in [2.45, 2.75) is 49.1 Å². The van der Waals surface area contributed by atoms with Gasteiger partial charge in [0.1, 0.15) is 0 Å². The van der Waals surface area contributed by atoms with Crippen LogP contribution in [0.5, 0.6) is 0 Å². The average Bonchev–Trinajstić information content (AvgIpc) is 3.33. The van der Waals surface area contributed by atoms with E-state index in [9.17, 15) is 22.0 Å². The predicted octanol–water partition coefficient (Wildman–Crippen LogP) is 2.23. The first-order valence-corrected chi connectivity index (χ1v) is 10.1. The number of hydrogen-bond donors (Lipinski definition) is 2. The fraction of sp³-hybridized carbons (Fsp3) is 0.588. The summed E-state index contributed by atoms with van der Waals surface area (Å²) in [5.74, 6) is -0.327. The Morgan fingerprint density at radius 1 is 1.23 bits per heavy atom. The van der Waals surface area contributed by atoms with E-state index >= 15 is 0 Å². The zero-order valence-corrected chi connectivity index (χ0v) is 15.0. The summed E-state index contributed by atoms with van der Waals surface area (Å²) >= 11 is 0. The predicted molar refractivity (Wildman–Crippen MR) is 90.5 cm³/mol. The fourth-order valence-electron chi connectivity index (χ4n) is 3.21. The minimum absolute atomic E-state index is 0.0320. The molecular formula is C17H22F2N2O4S. The molecule has 0 atom stereocenters. The van der Waals surface area contributed by atoms with Gasteiger partial charge in [-0.2, -0.15) is 0 Å². The Labute approximate surface area is 151 Å². The summed E-state index contributed by atoms with van der Waals surface area (Å²) in [6.07, 6.45) is 0.697. The van der Waals surface area contributed by atoms with Gasteiger partial charge in [-0.3, -0.25) is 9.69 Å². The quantitative estimate of drug-likeness (QED) is 0.678. The molecule has 6 nitrogen and oxygen atoms in total. The van der Waals surface area contributed by atoms with Gasteiger partial charge in [0, 0.05) is 24.2 Å². The lowest BCUT2D eigenvalue weighted by molar-refractivity contribution is -0.139. The van der Waals surface area contributed by atoms with E-state index in [1.807, 2.05) is 4.90 Å². The minimum Gasteiger partial charge on any atom is -0.480 e. The van der Waals surface area contributed by atoms with E-state index in [1.54, 1.807) is 0 Å². The first-order chi connectivity index (χ1) is 12.2. The van der Waals surface area contributed by atoms with Gasteiger partial charge in [0.05, 0.1) is 11.4 Å². The number of benzene rings is 1. The van der Waals surface area contributed by atoms with Gasteiger partial charge in [-0.15, -0.1) is 0 Å². The number of halogens is 2. The second-order valence-corrected chi connectivity index (χ2v) is 8.79. The van der Waals surface area contributed by atoms with Crippen LogP contribution in [-0.4, -0.2) is 49.6 Å². The van der Waals surface area contributed by atoms with Crippen molar-refractivity contribution in [1.82, 2.24) is 9.62 Å². The van der Waals surface area contributed by atoms with Gasteiger partial charge >= 0.3 is 5.97 Å². The van der Waals surface area contributed by atoms with E-state index in [4.69, 9.17) is 5.11 Å². The van der Waals surface area contributed by atoms with Crippen LogP contribution in [0.15, 0.2) is 29.2 Å². The molecule has 2 saturated carbocycles. The Hall–Kier alpha value is -1.58. The van der Waals surface area contributed by atoms with Crippen LogP contribution in [0.25, 0.3) is 0 Å². The van der Waals surface area contributed by atoms with Crippen molar-refractivity contribution >= 4 is 16.0 Å². The monoisotopic (exact) mass is 388 g/mol. The Balaban J connectivity index is 1.55. The third-order valence-corrected chi connectivity index (χ3v) is 6.46. The molecule has 9 heteroatoms. The summed E-state index contributed by atoms with van der Waals surface area (Å²) < 4.78 is 52.4. The molecule has 0 unspecified atom stereocenters. The van der Waals surface area contributed by atoms with E-state index in [-0.39, 0.29) is 29.1 Å². The number of carboxylic acid groups (broad SMARTS) is 1. The van der Waals surface area contributed by atoms with Gasteiger partial charge in [0.15, 0.2) is 0 Å². The number of sulfonamides is 1. The SMILES string of the molecule is O=C(O)CN(CC1CC1)C1CC(NS(=O)(=O)c2ccc(C(F)F)cc2)C1. The zero-order valence-electron chi connectivity index (χ0n) is 14.1. The van der Waals surface area contributed by atoms with Crippen molar-refractivity contribution < 1.29 is 27.1 Å². The first-order valence-electron chi connectivity index (χ1n) is 8.61. The maximum atomic E-state index is 12.6. The van der Waals surface area contributed by atoms with Crippen LogP contribution in [0.4, 0.5) is 8.78 Å². The van der Waals surface area contributed by atoms with Crippen LogP contribution in [0, 0.1) is 5.92 Å². The Kier molecular flexibility index (Phi) is 5.59. The molecule has 0 bridgehead atoms. The molecule has 0 amide bonds. The van der Waals surface area contributed by atoms with Crippen LogP contribution in [0.1, 0.15) is 37.7 Å². The molecule has 0 aromatic heterocycles. The molecule has 0 heterocycles. The summed E-state index contributed by atoms with van der Waals surface area (Å²) in [5.41, 5.74) is -0.225. The van der Waals surface area contributed by atoms with Crippen molar-refractivity contribution in [2.24, 2.45) is 5.92 Å². The van der Waals surface area contributed by atoms with E-state index < -0.39 is 22.4 Å². The first kappa shape index (κ1) is 19.2. The lowest BCUT2D eigenvalue weighted by Gasteiger charge is -2.42. The van der Waals surface area contributed by atoms with E-state index in [1.165, 1.54) is 12.1 Å². The largest absolute Gasteiger partial charge is 0.480 e. The molecule has 0 spiro atoms. The summed E-state index contributed by atoms with van der Waals surface area (Å²) in [6, 6.07) is 4.34. The summed E-state index contributed by atoms with van der Waals surface area (Å²) in [7, 11) is -3.78. The van der Waals surface area contributed by atoms with Gasteiger partial charge in [0.2, 0.25) is 10.0 Å². The molecule has 3 rings (SSSR count). The maximum Gasteiger partial charge on any atom is 0.317 e. The number of carbonyl (C=O) groups is 1. The van der Waals surface area contributed by atoms with Crippen LogP contribution >= 0.6 is 0 Å². The van der Waals surface area contributed by atoms with Crippen molar-refractivity contribution in [2.75, 3.05) is 13.1 Å². The average molecular weight is 388 g/mol. The number of carboxylic acids is 1. The van der Waals surface area contributed by atoms with Crippen molar-refractivity contribution in [1.29, 1.82) is 0 Å². The number of nitrogens with one attached hydrogen (secondary N) is 1. The molecule has 2 aliphatic carbocycles. The number of hydrogen-bond acceptors (Lipinski definition) is 4. The standard InChI is InChI=1S/C17H22F2N2O4S/c18-17(19)12-3-5-15(6-4-12)26(24,25)20-13-7-14(8-13)21(10-16(22)23)9-11-1-2-11/h3-6,11,13-14,17,20H,1-2,7-10H2,(H,22,23). The lowest BCUT2D eigenvalue weighted by atomic mass is 9.86. The highest BCUT2D eigenvalue weighted by Gasteiger charge is 2.38. The highest BCUT2D eigenvalue weighted by atomic mass is 32.2. The summed E-state index contributed by atoms with van der Waals surface area (Å²) in [5, 5.41) is 9.04. The molecule has 0 aliphatic heterocycles. The topological polar surface area (TPSA) is 86.7 Å². The molecule has 2 N–H and O–H groups in total. The fourth-order valence-corrected chi connectivity index (χ4v) is 4.47. The summed E-state index contributed by atoms with van der Waals surface area (Å²) in [4.78, 5) is 12.9. The van der Waals surface area contributed by atoms with Gasteiger partial charge in [-0.05, 0) is 43.7 Å². The molecule has 2 fully saturated rings. The van der Waals surface area contributed by atoms with Crippen LogP contribution < -0.4 is 4.72 Å². The van der Waals surface area contributed by atoms with Crippen LogP contribution in [0.2, 0.25) is 0 Å². The lowest BCUT2D eigenvalue weighted by Crippen LogP contribution is -2.55. The Morgan fingerprint density at radius 2 is 1.85 bits per heavy atom. The Bertz CT molecular complexity index is 745. The number of aliphatic carboxylic acids is 1. The van der Waals surface area contributed by atoms with Crippen molar-refractivity contribution in [3.63, 3.8) is 0 Å². The van der Waals surface area contributed by atoms with E-state index in [0.29, 0.717) is 18.8 Å². The summed E-state index contributed by atoms with van der Waals surface area (Å²) in [6.45, 7) is 0.710. The van der Waals surface area contributed by atoms with Gasteiger partial charge in [-0.1, -0.05) is 12.1 Å². The second kappa shape index (κ2) is 7.58. The van der Waals surface area contributed by atoms with Crippen molar-refractivity contribution in [3.05, 3.63) is 29.8 Å². The van der Waals surface area contributed by atoms with Crippen LogP contribution in [-0.2, 0) is 14.8 Å². The van der Waals surface area contributed by atoms with Gasteiger partial charge in [0.25, 0.3) is 6.43 Å². The molecular weight excluding hydrogens is 366 g/mol. The van der Waals surface area contributed by atoms with Gasteiger partial charge in [-0.25, -0.2) is 21.9 Å². The molecule has 26 heavy (non-hydrogen) atoms. The third-order valence-electron chi connectivity index (χ3n) is 4.92. The molecule has 144 valence electrons. The van der Waals surface area contributed by atoms with Gasteiger partial charge < -0.3 is 5.11 Å². The van der Waals surface area contributed by atoms with E-state index in [2.05, 4.69) is 4.72 Å². The number of rotatable bonds is 9. The third kappa shape index (κ3) is 4.77. The minimum atomic E-state index is -3.78. The smallest absolute Gasteiger partial charge is 0.317 e. The second-order valence-electron chi connectivity index (χ2n) is 7.08. The zero-order chi connectivity index (χ0) is 18.9. The van der Waals surface area contributed by atoms with Crippen LogP contribution in [0.3, 0.4) is 0 Å². The number of alkyl halides is 2. The van der Waals surface area contributed by atoms with Crippen molar-refractivity contribution in [3.8, 4) is 0 Å². The molecule has 1 aromatic rings. The highest BCUT2D eigenvalue weighted by Crippen LogP contribution is 2.34. The molecule has 0 saturated heterocycles. The molecule has 2 aliphatic rings. The molecule has 0 radical (unpaired) electrons. The maximum absolute atomic E-state index is 12.6.